The number of unbranched alkanes of at least 4 members (excludes halogenated alkanes) is 5. The van der Waals surface area contributed by atoms with Gasteiger partial charge >= 0.3 is 0 Å². The molecule has 16 heteroatoms. The van der Waals surface area contributed by atoms with Gasteiger partial charge in [0.1, 0.15) is 29.6 Å². The molecule has 5 amide bonds. The van der Waals surface area contributed by atoms with Crippen LogP contribution in [0.25, 0.3) is 16.9 Å². The number of hydrogen-bond donors (Lipinski definition) is 3. The number of amides is 5. The van der Waals surface area contributed by atoms with E-state index >= 15 is 0 Å². The number of furan rings is 1. The average Bonchev–Trinajstić information content (AvgIpc) is 4.01. The zero-order valence-electron chi connectivity index (χ0n) is 32.2. The van der Waals surface area contributed by atoms with Gasteiger partial charge in [-0.05, 0) is 55.7 Å². The van der Waals surface area contributed by atoms with Crippen LogP contribution in [0.4, 0.5) is 17.2 Å². The number of anilines is 3. The molecule has 0 bridgehead atoms. The summed E-state index contributed by atoms with van der Waals surface area (Å²) in [5.74, 6) is -0.246. The van der Waals surface area contributed by atoms with Crippen molar-refractivity contribution >= 4 is 52.4 Å². The predicted molar refractivity (Wildman–Crippen MR) is 215 cm³/mol. The standard InChI is InChI=1S/C42H46N10O6/c53-35-18-17-33(40(55)47-35)52-41(56)31-10-7-11-32(37(31)42(52)57)43-19-6-4-2-1-3-5-12-36(54)50-22-20-49(21-23-50)29-15-13-28(14-16-29)38-39-48-46-27-51(39)34(26-45-38)44-25-30-9-8-24-58-30/h7-11,13-16,24,26-27,33,43-44H,1-6,12,17-23,25H2,(H,47,53,55). The Bertz CT molecular complexity index is 2300. The van der Waals surface area contributed by atoms with Crippen molar-refractivity contribution in [1.29, 1.82) is 0 Å². The molecule has 58 heavy (non-hydrogen) atoms. The van der Waals surface area contributed by atoms with Crippen LogP contribution in [0.1, 0.15) is 84.3 Å². The summed E-state index contributed by atoms with van der Waals surface area (Å²) < 4.78 is 7.30. The number of nitrogens with one attached hydrogen (secondary N) is 3. The number of hydrogen-bond acceptors (Lipinski definition) is 12. The van der Waals surface area contributed by atoms with Gasteiger partial charge in [-0.15, -0.1) is 10.2 Å². The number of piperazine rings is 1. The van der Waals surface area contributed by atoms with Crippen molar-refractivity contribution in [2.75, 3.05) is 48.3 Å². The Hall–Kier alpha value is -6.58. The molecule has 2 saturated heterocycles. The van der Waals surface area contributed by atoms with Crippen LogP contribution in [0.2, 0.25) is 0 Å². The maximum Gasteiger partial charge on any atom is 0.264 e. The van der Waals surface area contributed by atoms with Gasteiger partial charge in [-0.25, -0.2) is 4.98 Å². The molecule has 1 unspecified atom stereocenters. The summed E-state index contributed by atoms with van der Waals surface area (Å²) in [6.07, 6.45) is 11.7. The fraction of sp³-hybridized carbons (Fsp3) is 0.381. The van der Waals surface area contributed by atoms with E-state index in [0.29, 0.717) is 43.9 Å². The first-order chi connectivity index (χ1) is 28.4. The normalized spacial score (nSPS) is 16.9. The highest BCUT2D eigenvalue weighted by molar-refractivity contribution is 6.25. The summed E-state index contributed by atoms with van der Waals surface area (Å²) >= 11 is 0. The van der Waals surface area contributed by atoms with E-state index in [-0.39, 0.29) is 29.9 Å². The molecule has 0 saturated carbocycles. The third kappa shape index (κ3) is 8.12. The van der Waals surface area contributed by atoms with Crippen molar-refractivity contribution < 1.29 is 28.4 Å². The number of carbonyl (C=O) groups excluding carboxylic acids is 5. The molecule has 5 aromatic rings. The van der Waals surface area contributed by atoms with Crippen LogP contribution < -0.4 is 20.9 Å². The number of piperidine rings is 1. The van der Waals surface area contributed by atoms with E-state index in [1.54, 1.807) is 37.0 Å². The van der Waals surface area contributed by atoms with Gasteiger partial charge in [-0.2, -0.15) is 0 Å². The molecule has 16 nitrogen and oxygen atoms in total. The van der Waals surface area contributed by atoms with Gasteiger partial charge in [-0.3, -0.25) is 38.6 Å². The average molecular weight is 787 g/mol. The molecule has 0 aliphatic carbocycles. The summed E-state index contributed by atoms with van der Waals surface area (Å²) in [5.41, 5.74) is 4.57. The number of aromatic nitrogens is 4. The molecule has 0 spiro atoms. The smallest absolute Gasteiger partial charge is 0.264 e. The Morgan fingerprint density at radius 2 is 1.66 bits per heavy atom. The number of rotatable bonds is 16. The highest BCUT2D eigenvalue weighted by Crippen LogP contribution is 2.33. The second-order valence-electron chi connectivity index (χ2n) is 14.8. The van der Waals surface area contributed by atoms with E-state index in [1.165, 1.54) is 0 Å². The third-order valence-corrected chi connectivity index (χ3v) is 11.1. The second-order valence-corrected chi connectivity index (χ2v) is 14.8. The molecule has 0 radical (unpaired) electrons. The van der Waals surface area contributed by atoms with E-state index in [1.807, 2.05) is 21.4 Å². The van der Waals surface area contributed by atoms with Crippen LogP contribution in [-0.2, 0) is 20.9 Å². The lowest BCUT2D eigenvalue weighted by Crippen LogP contribution is -2.54. The molecule has 6 heterocycles. The summed E-state index contributed by atoms with van der Waals surface area (Å²) in [6.45, 7) is 4.09. The Labute approximate surface area is 335 Å². The van der Waals surface area contributed by atoms with Crippen molar-refractivity contribution in [2.24, 2.45) is 0 Å². The van der Waals surface area contributed by atoms with Crippen molar-refractivity contribution in [1.82, 2.24) is 34.7 Å². The number of imide groups is 2. The second kappa shape index (κ2) is 17.3. The minimum absolute atomic E-state index is 0.0828. The van der Waals surface area contributed by atoms with Crippen molar-refractivity contribution in [3.05, 3.63) is 90.3 Å². The lowest BCUT2D eigenvalue weighted by atomic mass is 10.0. The molecular weight excluding hydrogens is 741 g/mol. The molecule has 3 aromatic heterocycles. The zero-order chi connectivity index (χ0) is 40.0. The van der Waals surface area contributed by atoms with Crippen LogP contribution in [0.15, 0.2) is 77.8 Å². The molecular formula is C42H46N10O6. The SMILES string of the molecule is O=C1CCC(N2C(=O)c3cccc(NCCCCCCCCC(=O)N4CCN(c5ccc(-c6ncc(NCc7ccco7)n7cnnc67)cc5)CC4)c3C2=O)C(=O)N1. The maximum absolute atomic E-state index is 13.3. The van der Waals surface area contributed by atoms with Gasteiger partial charge in [0.15, 0.2) is 5.65 Å². The van der Waals surface area contributed by atoms with Crippen LogP contribution in [0, 0.1) is 0 Å². The predicted octanol–water partition coefficient (Wildman–Crippen LogP) is 4.89. The summed E-state index contributed by atoms with van der Waals surface area (Å²) in [6, 6.07) is 16.2. The minimum atomic E-state index is -0.987. The van der Waals surface area contributed by atoms with Crippen molar-refractivity contribution in [2.45, 2.75) is 70.4 Å². The molecule has 300 valence electrons. The van der Waals surface area contributed by atoms with Gasteiger partial charge in [-0.1, -0.05) is 43.9 Å². The van der Waals surface area contributed by atoms with E-state index in [2.05, 4.69) is 55.3 Å². The van der Waals surface area contributed by atoms with Crippen molar-refractivity contribution in [3.8, 4) is 11.3 Å². The molecule has 3 N–H and O–H groups in total. The summed E-state index contributed by atoms with van der Waals surface area (Å²) in [5, 5.41) is 17.3. The molecule has 2 aromatic carbocycles. The molecule has 3 aliphatic heterocycles. The first kappa shape index (κ1) is 38.3. The highest BCUT2D eigenvalue weighted by atomic mass is 16.3. The third-order valence-electron chi connectivity index (χ3n) is 11.1. The van der Waals surface area contributed by atoms with Crippen molar-refractivity contribution in [3.63, 3.8) is 0 Å². The van der Waals surface area contributed by atoms with Crippen LogP contribution >= 0.6 is 0 Å². The van der Waals surface area contributed by atoms with E-state index in [9.17, 15) is 24.0 Å². The number of nitrogens with zero attached hydrogens (tertiary/aromatic N) is 7. The van der Waals surface area contributed by atoms with Gasteiger partial charge in [0, 0.05) is 62.5 Å². The van der Waals surface area contributed by atoms with Gasteiger partial charge < -0.3 is 24.9 Å². The largest absolute Gasteiger partial charge is 0.467 e. The quantitative estimate of drug-likeness (QED) is 0.0910. The lowest BCUT2D eigenvalue weighted by molar-refractivity contribution is -0.136. The molecule has 8 rings (SSSR count). The Morgan fingerprint density at radius 1 is 0.862 bits per heavy atom. The topological polar surface area (TPSA) is 187 Å². The molecule has 2 fully saturated rings. The lowest BCUT2D eigenvalue weighted by Gasteiger charge is -2.36. The summed E-state index contributed by atoms with van der Waals surface area (Å²) in [4.78, 5) is 73.3. The fourth-order valence-electron chi connectivity index (χ4n) is 7.94. The van der Waals surface area contributed by atoms with Crippen LogP contribution in [-0.4, -0.2) is 97.7 Å². The van der Waals surface area contributed by atoms with Gasteiger partial charge in [0.2, 0.25) is 17.7 Å². The molecule has 3 aliphatic rings. The Morgan fingerprint density at radius 3 is 2.43 bits per heavy atom. The first-order valence-corrected chi connectivity index (χ1v) is 20.0. The van der Waals surface area contributed by atoms with E-state index < -0.39 is 29.7 Å². The Kier molecular flexibility index (Phi) is 11.4. The fourth-order valence-corrected chi connectivity index (χ4v) is 7.94. The Balaban J connectivity index is 0.718. The zero-order valence-corrected chi connectivity index (χ0v) is 32.2. The summed E-state index contributed by atoms with van der Waals surface area (Å²) in [7, 11) is 0. The van der Waals surface area contributed by atoms with Crippen LogP contribution in [0.5, 0.6) is 0 Å². The monoisotopic (exact) mass is 786 g/mol. The van der Waals surface area contributed by atoms with E-state index in [0.717, 1.165) is 85.0 Å². The van der Waals surface area contributed by atoms with E-state index in [4.69, 9.17) is 9.40 Å². The highest BCUT2D eigenvalue weighted by Gasteiger charge is 2.45. The minimum Gasteiger partial charge on any atom is -0.467 e. The maximum atomic E-state index is 13.3. The van der Waals surface area contributed by atoms with Gasteiger partial charge in [0.05, 0.1) is 30.1 Å². The van der Waals surface area contributed by atoms with Gasteiger partial charge in [0.25, 0.3) is 11.8 Å². The molecule has 1 atom stereocenters. The number of carbonyl (C=O) groups is 5. The van der Waals surface area contributed by atoms with Crippen LogP contribution in [0.3, 0.4) is 0 Å². The first-order valence-electron chi connectivity index (χ1n) is 20.0. The number of fused-ring (bicyclic) bond motifs is 2. The number of benzene rings is 2.